The highest BCUT2D eigenvalue weighted by Crippen LogP contribution is 2.26. The number of thiocarbonyl (C=S) groups is 1. The number of carbonyl (C=O) groups excluding carboxylic acids is 1. The molecular weight excluding hydrogens is 286 g/mol. The van der Waals surface area contributed by atoms with Crippen molar-refractivity contribution in [1.29, 1.82) is 0 Å². The molecule has 9 heteroatoms. The van der Waals surface area contributed by atoms with Gasteiger partial charge in [0.2, 0.25) is 5.91 Å². The molecule has 5 unspecified atom stereocenters. The van der Waals surface area contributed by atoms with Crippen LogP contribution in [0, 0.1) is 5.92 Å². The Kier molecular flexibility index (Phi) is 4.89. The molecule has 0 aromatic carbocycles. The van der Waals surface area contributed by atoms with Gasteiger partial charge in [0.25, 0.3) is 0 Å². The molecule has 2 fully saturated rings. The molecule has 5 atom stereocenters. The van der Waals surface area contributed by atoms with Gasteiger partial charge in [0.05, 0.1) is 12.5 Å². The molecule has 0 spiro atoms. The van der Waals surface area contributed by atoms with Gasteiger partial charge in [-0.25, -0.2) is 0 Å². The normalized spacial score (nSPS) is 38.2. The van der Waals surface area contributed by atoms with Gasteiger partial charge in [0.15, 0.2) is 11.3 Å². The molecule has 0 aromatic rings. The van der Waals surface area contributed by atoms with E-state index < -0.39 is 31.1 Å². The zero-order chi connectivity index (χ0) is 14.9. The molecule has 0 aromatic heterocycles. The van der Waals surface area contributed by atoms with Gasteiger partial charge in [0.1, 0.15) is 18.3 Å². The maximum Gasteiger partial charge on any atom is 0.232 e. The maximum absolute atomic E-state index is 11.8. The summed E-state index contributed by atoms with van der Waals surface area (Å²) in [5, 5.41) is 34.5. The van der Waals surface area contributed by atoms with Crippen molar-refractivity contribution in [3.63, 3.8) is 0 Å². The number of amides is 1. The van der Waals surface area contributed by atoms with Crippen molar-refractivity contribution in [2.45, 2.75) is 24.5 Å². The fraction of sp³-hybridized carbons (Fsp3) is 0.818. The van der Waals surface area contributed by atoms with E-state index in [0.29, 0.717) is 6.54 Å². The summed E-state index contributed by atoms with van der Waals surface area (Å²) in [6.07, 6.45) is -4.13. The number of ether oxygens (including phenoxy) is 1. The van der Waals surface area contributed by atoms with Crippen molar-refractivity contribution >= 4 is 23.2 Å². The van der Waals surface area contributed by atoms with Crippen LogP contribution in [0.15, 0.2) is 0 Å². The third kappa shape index (κ3) is 2.78. The summed E-state index contributed by atoms with van der Waals surface area (Å²) in [6, 6.07) is 0. The Morgan fingerprint density at radius 1 is 1.50 bits per heavy atom. The van der Waals surface area contributed by atoms with Crippen molar-refractivity contribution in [2.24, 2.45) is 5.92 Å². The van der Waals surface area contributed by atoms with E-state index in [1.54, 1.807) is 7.05 Å². The van der Waals surface area contributed by atoms with Gasteiger partial charge in [-0.2, -0.15) is 0 Å². The van der Waals surface area contributed by atoms with Crippen LogP contribution in [0.25, 0.3) is 0 Å². The quantitative estimate of drug-likeness (QED) is 0.349. The lowest BCUT2D eigenvalue weighted by molar-refractivity contribution is -0.129. The van der Waals surface area contributed by atoms with E-state index in [9.17, 15) is 15.0 Å². The molecular formula is C11H19N3O5S. The molecule has 2 rings (SSSR count). The van der Waals surface area contributed by atoms with Crippen molar-refractivity contribution in [1.82, 2.24) is 15.5 Å². The summed E-state index contributed by atoms with van der Waals surface area (Å²) in [5.74, 6) is -0.528. The highest BCUT2D eigenvalue weighted by atomic mass is 32.1. The molecule has 2 aliphatic heterocycles. The number of aliphatic hydroxyl groups is 3. The first-order valence-corrected chi connectivity index (χ1v) is 6.79. The zero-order valence-electron chi connectivity index (χ0n) is 11.0. The minimum atomic E-state index is -1.20. The van der Waals surface area contributed by atoms with Gasteiger partial charge in [-0.05, 0) is 19.3 Å². The number of rotatable bonds is 4. The molecule has 5 N–H and O–H groups in total. The summed E-state index contributed by atoms with van der Waals surface area (Å²) in [4.78, 5) is 13.3. The predicted molar refractivity (Wildman–Crippen MR) is 72.6 cm³/mol. The van der Waals surface area contributed by atoms with Crippen LogP contribution in [-0.2, 0) is 9.53 Å². The Morgan fingerprint density at radius 2 is 2.20 bits per heavy atom. The predicted octanol–water partition coefficient (Wildman–Crippen LogP) is -3.02. The standard InChI is InChI=1S/C11H19N3O5S/c1-12-2-5-3-14(11(20)13-9(5)18)10-8(17)7(16)6(4-15)19-10/h5-8,10,12,15-17H,2-4H2,1H3,(H,13,18,20). The summed E-state index contributed by atoms with van der Waals surface area (Å²) < 4.78 is 5.42. The molecule has 8 nitrogen and oxygen atoms in total. The van der Waals surface area contributed by atoms with E-state index in [1.807, 2.05) is 0 Å². The number of carbonyl (C=O) groups is 1. The van der Waals surface area contributed by atoms with Gasteiger partial charge in [-0.15, -0.1) is 0 Å². The molecule has 114 valence electrons. The monoisotopic (exact) mass is 305 g/mol. The van der Waals surface area contributed by atoms with Gasteiger partial charge < -0.3 is 35.6 Å². The largest absolute Gasteiger partial charge is 0.394 e. The van der Waals surface area contributed by atoms with E-state index >= 15 is 0 Å². The van der Waals surface area contributed by atoms with Crippen molar-refractivity contribution < 1.29 is 24.9 Å². The average Bonchev–Trinajstić information content (AvgIpc) is 2.70. The van der Waals surface area contributed by atoms with E-state index in [1.165, 1.54) is 4.90 Å². The second-order valence-corrected chi connectivity index (χ2v) is 5.32. The van der Waals surface area contributed by atoms with Gasteiger partial charge in [-0.3, -0.25) is 4.79 Å². The number of aliphatic hydroxyl groups excluding tert-OH is 3. The van der Waals surface area contributed by atoms with Crippen LogP contribution in [0.4, 0.5) is 0 Å². The molecule has 2 heterocycles. The van der Waals surface area contributed by atoms with E-state index in [0.717, 1.165) is 0 Å². The molecule has 0 saturated carbocycles. The second kappa shape index (κ2) is 6.29. The summed E-state index contributed by atoms with van der Waals surface area (Å²) in [7, 11) is 1.73. The van der Waals surface area contributed by atoms with Gasteiger partial charge in [-0.1, -0.05) is 0 Å². The lowest BCUT2D eigenvalue weighted by atomic mass is 10.0. The van der Waals surface area contributed by atoms with E-state index in [2.05, 4.69) is 10.6 Å². The van der Waals surface area contributed by atoms with Crippen LogP contribution >= 0.6 is 12.2 Å². The Morgan fingerprint density at radius 3 is 2.75 bits per heavy atom. The van der Waals surface area contributed by atoms with Crippen molar-refractivity contribution in [3.8, 4) is 0 Å². The van der Waals surface area contributed by atoms with Crippen molar-refractivity contribution in [2.75, 3.05) is 26.7 Å². The topological polar surface area (TPSA) is 114 Å². The summed E-state index contributed by atoms with van der Waals surface area (Å²) in [5.41, 5.74) is 0. The lowest BCUT2D eigenvalue weighted by Crippen LogP contribution is -2.61. The first-order valence-electron chi connectivity index (χ1n) is 6.38. The fourth-order valence-corrected chi connectivity index (χ4v) is 2.72. The molecule has 20 heavy (non-hydrogen) atoms. The van der Waals surface area contributed by atoms with Crippen LogP contribution in [0.5, 0.6) is 0 Å². The van der Waals surface area contributed by atoms with Crippen LogP contribution in [-0.4, -0.2) is 82.5 Å². The van der Waals surface area contributed by atoms with Crippen LogP contribution < -0.4 is 10.6 Å². The third-order valence-corrected chi connectivity index (χ3v) is 3.89. The van der Waals surface area contributed by atoms with Crippen LogP contribution in [0.3, 0.4) is 0 Å². The van der Waals surface area contributed by atoms with Crippen molar-refractivity contribution in [3.05, 3.63) is 0 Å². The molecule has 0 radical (unpaired) electrons. The number of nitrogens with zero attached hydrogens (tertiary/aromatic N) is 1. The molecule has 2 saturated heterocycles. The molecule has 1 amide bonds. The smallest absolute Gasteiger partial charge is 0.232 e. The minimum Gasteiger partial charge on any atom is -0.394 e. The maximum atomic E-state index is 11.8. The minimum absolute atomic E-state index is 0.150. The molecule has 0 aliphatic carbocycles. The Bertz CT molecular complexity index is 396. The Labute approximate surface area is 121 Å². The third-order valence-electron chi connectivity index (χ3n) is 3.55. The van der Waals surface area contributed by atoms with Gasteiger partial charge >= 0.3 is 0 Å². The van der Waals surface area contributed by atoms with Crippen LogP contribution in [0.2, 0.25) is 0 Å². The van der Waals surface area contributed by atoms with E-state index in [-0.39, 0.29) is 23.5 Å². The van der Waals surface area contributed by atoms with E-state index in [4.69, 9.17) is 22.1 Å². The highest BCUT2D eigenvalue weighted by Gasteiger charge is 2.47. The zero-order valence-corrected chi connectivity index (χ0v) is 11.8. The number of nitrogens with one attached hydrogen (secondary N) is 2. The molecule has 2 aliphatic rings. The number of hydrogen-bond acceptors (Lipinski definition) is 7. The summed E-state index contributed by atoms with van der Waals surface area (Å²) in [6.45, 7) is 0.333. The first-order chi connectivity index (χ1) is 9.49. The molecule has 0 bridgehead atoms. The van der Waals surface area contributed by atoms with Crippen LogP contribution in [0.1, 0.15) is 0 Å². The Hall–Kier alpha value is -0.840. The SMILES string of the molecule is CNCC1CN(C2OC(CO)C(O)C2O)C(=S)NC1=O. The number of hydrogen-bond donors (Lipinski definition) is 5. The second-order valence-electron chi connectivity index (χ2n) is 4.93. The lowest BCUT2D eigenvalue weighted by Gasteiger charge is -2.38. The fourth-order valence-electron chi connectivity index (χ4n) is 2.44. The first kappa shape index (κ1) is 15.5. The average molecular weight is 305 g/mol. The Balaban J connectivity index is 2.11. The highest BCUT2D eigenvalue weighted by molar-refractivity contribution is 7.80. The van der Waals surface area contributed by atoms with Gasteiger partial charge in [0, 0.05) is 13.1 Å². The summed E-state index contributed by atoms with van der Waals surface area (Å²) >= 11 is 5.08.